The van der Waals surface area contributed by atoms with Crippen LogP contribution in [0.5, 0.6) is 5.75 Å². The van der Waals surface area contributed by atoms with E-state index in [1.807, 2.05) is 0 Å². The smallest absolute Gasteiger partial charge is 0.165 e. The standard InChI is InChI=1S/C11H13BrFNO/c12-7-4-5-8(13)11(15)9(7)10(14)6-2-1-3-6/h4-6,10,15H,1-3,14H2/t10-/m1/s1. The summed E-state index contributed by atoms with van der Waals surface area (Å²) in [5, 5.41) is 9.63. The third-order valence-electron chi connectivity index (χ3n) is 3.11. The van der Waals surface area contributed by atoms with E-state index in [1.165, 1.54) is 12.5 Å². The molecule has 0 saturated heterocycles. The maximum atomic E-state index is 13.2. The van der Waals surface area contributed by atoms with Gasteiger partial charge in [0.1, 0.15) is 0 Å². The summed E-state index contributed by atoms with van der Waals surface area (Å²) in [4.78, 5) is 0. The van der Waals surface area contributed by atoms with Gasteiger partial charge in [-0.3, -0.25) is 0 Å². The summed E-state index contributed by atoms with van der Waals surface area (Å²) in [5.41, 5.74) is 6.51. The highest BCUT2D eigenvalue weighted by Gasteiger charge is 2.29. The molecule has 0 aromatic heterocycles. The third kappa shape index (κ3) is 1.88. The summed E-state index contributed by atoms with van der Waals surface area (Å²) >= 11 is 3.30. The number of phenols is 1. The van der Waals surface area contributed by atoms with Crippen LogP contribution < -0.4 is 5.73 Å². The van der Waals surface area contributed by atoms with Crippen molar-refractivity contribution in [3.8, 4) is 5.75 Å². The monoisotopic (exact) mass is 273 g/mol. The molecule has 1 saturated carbocycles. The fourth-order valence-corrected chi connectivity index (χ4v) is 2.49. The Morgan fingerprint density at radius 3 is 2.67 bits per heavy atom. The molecule has 1 atom stereocenters. The Morgan fingerprint density at radius 1 is 1.47 bits per heavy atom. The van der Waals surface area contributed by atoms with Crippen LogP contribution in [0.2, 0.25) is 0 Å². The van der Waals surface area contributed by atoms with E-state index in [9.17, 15) is 9.50 Å². The van der Waals surface area contributed by atoms with Gasteiger partial charge < -0.3 is 10.8 Å². The van der Waals surface area contributed by atoms with Gasteiger partial charge >= 0.3 is 0 Å². The Balaban J connectivity index is 2.36. The zero-order valence-corrected chi connectivity index (χ0v) is 9.80. The topological polar surface area (TPSA) is 46.2 Å². The normalized spacial score (nSPS) is 18.6. The quantitative estimate of drug-likeness (QED) is 0.870. The number of hydrogen-bond acceptors (Lipinski definition) is 2. The number of halogens is 2. The molecular formula is C11H13BrFNO. The molecule has 3 N–H and O–H groups in total. The highest BCUT2D eigenvalue weighted by Crippen LogP contribution is 2.42. The largest absolute Gasteiger partial charge is 0.505 e. The first-order valence-electron chi connectivity index (χ1n) is 5.03. The Morgan fingerprint density at radius 2 is 2.13 bits per heavy atom. The minimum atomic E-state index is -0.608. The molecular weight excluding hydrogens is 261 g/mol. The van der Waals surface area contributed by atoms with Crippen molar-refractivity contribution in [2.75, 3.05) is 0 Å². The van der Waals surface area contributed by atoms with Crippen molar-refractivity contribution in [3.63, 3.8) is 0 Å². The summed E-state index contributed by atoms with van der Waals surface area (Å²) in [5.74, 6) is -0.555. The number of aromatic hydroxyl groups is 1. The molecule has 4 heteroatoms. The van der Waals surface area contributed by atoms with Crippen molar-refractivity contribution in [2.24, 2.45) is 11.7 Å². The van der Waals surface area contributed by atoms with Crippen molar-refractivity contribution in [3.05, 3.63) is 28.0 Å². The fraction of sp³-hybridized carbons (Fsp3) is 0.455. The number of phenolic OH excluding ortho intramolecular Hbond substituents is 1. The molecule has 0 aliphatic heterocycles. The van der Waals surface area contributed by atoms with Crippen LogP contribution in [0.25, 0.3) is 0 Å². The van der Waals surface area contributed by atoms with Crippen molar-refractivity contribution in [1.82, 2.24) is 0 Å². The zero-order valence-electron chi connectivity index (χ0n) is 8.21. The van der Waals surface area contributed by atoms with Crippen LogP contribution in [-0.4, -0.2) is 5.11 Å². The van der Waals surface area contributed by atoms with Gasteiger partial charge in [-0.05, 0) is 30.9 Å². The predicted octanol–water partition coefficient (Wildman–Crippen LogP) is 3.09. The highest BCUT2D eigenvalue weighted by molar-refractivity contribution is 9.10. The maximum absolute atomic E-state index is 13.2. The minimum absolute atomic E-state index is 0.274. The van der Waals surface area contributed by atoms with E-state index in [2.05, 4.69) is 15.9 Å². The van der Waals surface area contributed by atoms with Gasteiger partial charge in [0.2, 0.25) is 0 Å². The number of rotatable bonds is 2. The minimum Gasteiger partial charge on any atom is -0.505 e. The Bertz CT molecular complexity index is 379. The number of hydrogen-bond donors (Lipinski definition) is 2. The average Bonchev–Trinajstić information content (AvgIpc) is 2.09. The molecule has 0 heterocycles. The molecule has 0 spiro atoms. The Labute approximate surface area is 96.4 Å². The SMILES string of the molecule is N[C@@H](c1c(Br)ccc(F)c1O)C1CCC1. The summed E-state index contributed by atoms with van der Waals surface area (Å²) < 4.78 is 13.9. The molecule has 0 amide bonds. The average molecular weight is 274 g/mol. The van der Waals surface area contributed by atoms with Crippen molar-refractivity contribution < 1.29 is 9.50 Å². The van der Waals surface area contributed by atoms with Gasteiger partial charge in [-0.25, -0.2) is 4.39 Å². The van der Waals surface area contributed by atoms with Crippen molar-refractivity contribution in [2.45, 2.75) is 25.3 Å². The first-order valence-corrected chi connectivity index (χ1v) is 5.83. The molecule has 1 aromatic rings. The Kier molecular flexibility index (Phi) is 2.98. The Hall–Kier alpha value is -0.610. The van der Waals surface area contributed by atoms with Crippen LogP contribution in [0.15, 0.2) is 16.6 Å². The van der Waals surface area contributed by atoms with Crippen molar-refractivity contribution in [1.29, 1.82) is 0 Å². The fourth-order valence-electron chi connectivity index (χ4n) is 1.91. The zero-order chi connectivity index (χ0) is 11.0. The second-order valence-corrected chi connectivity index (χ2v) is 4.86. The molecule has 0 radical (unpaired) electrons. The van der Waals surface area contributed by atoms with Gasteiger partial charge in [0.25, 0.3) is 0 Å². The van der Waals surface area contributed by atoms with Crippen molar-refractivity contribution >= 4 is 15.9 Å². The van der Waals surface area contributed by atoms with Crippen LogP contribution in [0.3, 0.4) is 0 Å². The van der Waals surface area contributed by atoms with Gasteiger partial charge in [-0.15, -0.1) is 0 Å². The van der Waals surface area contributed by atoms with Gasteiger partial charge in [-0.1, -0.05) is 22.4 Å². The molecule has 1 aliphatic rings. The third-order valence-corrected chi connectivity index (χ3v) is 3.80. The molecule has 1 aliphatic carbocycles. The molecule has 82 valence electrons. The number of nitrogens with two attached hydrogens (primary N) is 1. The lowest BCUT2D eigenvalue weighted by atomic mass is 9.77. The lowest BCUT2D eigenvalue weighted by Gasteiger charge is -2.32. The van der Waals surface area contributed by atoms with Crippen LogP contribution in [0, 0.1) is 11.7 Å². The molecule has 1 fully saturated rings. The van der Waals surface area contributed by atoms with E-state index < -0.39 is 5.82 Å². The predicted molar refractivity (Wildman–Crippen MR) is 60.0 cm³/mol. The first-order chi connectivity index (χ1) is 7.11. The van der Waals surface area contributed by atoms with E-state index in [4.69, 9.17) is 5.73 Å². The molecule has 1 aromatic carbocycles. The van der Waals surface area contributed by atoms with E-state index in [1.54, 1.807) is 6.07 Å². The first kappa shape index (κ1) is 10.9. The van der Waals surface area contributed by atoms with Crippen LogP contribution in [0.1, 0.15) is 30.9 Å². The second kappa shape index (κ2) is 4.10. The highest BCUT2D eigenvalue weighted by atomic mass is 79.9. The molecule has 15 heavy (non-hydrogen) atoms. The lowest BCUT2D eigenvalue weighted by molar-refractivity contribution is 0.258. The van der Waals surface area contributed by atoms with Crippen LogP contribution in [-0.2, 0) is 0 Å². The van der Waals surface area contributed by atoms with Gasteiger partial charge in [0, 0.05) is 16.1 Å². The summed E-state index contributed by atoms with van der Waals surface area (Å²) in [6.45, 7) is 0. The van der Waals surface area contributed by atoms with Gasteiger partial charge in [-0.2, -0.15) is 0 Å². The molecule has 2 nitrogen and oxygen atoms in total. The molecule has 0 unspecified atom stereocenters. The summed E-state index contributed by atoms with van der Waals surface area (Å²) in [6.07, 6.45) is 3.29. The maximum Gasteiger partial charge on any atom is 0.165 e. The molecule has 0 bridgehead atoms. The van der Waals surface area contributed by atoms with E-state index >= 15 is 0 Å². The second-order valence-electron chi connectivity index (χ2n) is 4.01. The summed E-state index contributed by atoms with van der Waals surface area (Å²) in [6, 6.07) is 2.54. The lowest BCUT2D eigenvalue weighted by Crippen LogP contribution is -2.27. The van der Waals surface area contributed by atoms with Crippen LogP contribution in [0.4, 0.5) is 4.39 Å². The van der Waals surface area contributed by atoms with E-state index in [0.717, 1.165) is 12.8 Å². The van der Waals surface area contributed by atoms with Gasteiger partial charge in [0.15, 0.2) is 11.6 Å². The number of benzene rings is 1. The summed E-state index contributed by atoms with van der Waals surface area (Å²) in [7, 11) is 0. The van der Waals surface area contributed by atoms with Crippen LogP contribution >= 0.6 is 15.9 Å². The van der Waals surface area contributed by atoms with E-state index in [-0.39, 0.29) is 11.8 Å². The van der Waals surface area contributed by atoms with E-state index in [0.29, 0.717) is 16.0 Å². The van der Waals surface area contributed by atoms with Gasteiger partial charge in [0.05, 0.1) is 0 Å². The molecule has 2 rings (SSSR count).